The zero-order valence-electron chi connectivity index (χ0n) is 14.6. The van der Waals surface area contributed by atoms with Crippen molar-refractivity contribution in [3.63, 3.8) is 0 Å². The molecule has 1 unspecified atom stereocenters. The van der Waals surface area contributed by atoms with E-state index in [1.54, 1.807) is 24.3 Å². The molecule has 0 aliphatic carbocycles. The Balaban J connectivity index is 1.37. The Labute approximate surface area is 154 Å². The third-order valence-electron chi connectivity index (χ3n) is 5.28. The van der Waals surface area contributed by atoms with Crippen molar-refractivity contribution >= 4 is 5.91 Å². The van der Waals surface area contributed by atoms with Crippen LogP contribution in [0.3, 0.4) is 0 Å². The van der Waals surface area contributed by atoms with Gasteiger partial charge in [-0.1, -0.05) is 0 Å². The first-order chi connectivity index (χ1) is 12.9. The molecular weight excluding hydrogens is 359 g/mol. The van der Waals surface area contributed by atoms with Crippen LogP contribution in [0.4, 0.5) is 13.2 Å². The van der Waals surface area contributed by atoms with Crippen LogP contribution in [0.2, 0.25) is 0 Å². The van der Waals surface area contributed by atoms with Crippen molar-refractivity contribution in [2.75, 3.05) is 19.6 Å². The SMILES string of the molecule is O=C(NC1CN2CCC1CC2)c1ccc(Oc2ccc(C(F)(F)F)[nH]2)cc1. The summed E-state index contributed by atoms with van der Waals surface area (Å²) in [6.07, 6.45) is -2.21. The van der Waals surface area contributed by atoms with Gasteiger partial charge in [0.05, 0.1) is 0 Å². The van der Waals surface area contributed by atoms with Gasteiger partial charge >= 0.3 is 6.18 Å². The molecular formula is C19H20F3N3O2. The van der Waals surface area contributed by atoms with Gasteiger partial charge in [-0.3, -0.25) is 4.79 Å². The number of rotatable bonds is 4. The van der Waals surface area contributed by atoms with Crippen molar-refractivity contribution in [3.8, 4) is 11.6 Å². The molecule has 2 N–H and O–H groups in total. The first-order valence-corrected chi connectivity index (χ1v) is 8.96. The number of aromatic amines is 1. The first-order valence-electron chi connectivity index (χ1n) is 8.96. The number of amides is 1. The van der Waals surface area contributed by atoms with Crippen LogP contribution < -0.4 is 10.1 Å². The number of carbonyl (C=O) groups is 1. The summed E-state index contributed by atoms with van der Waals surface area (Å²) in [4.78, 5) is 17.0. The number of ether oxygens (including phenoxy) is 1. The maximum atomic E-state index is 12.6. The fourth-order valence-corrected chi connectivity index (χ4v) is 3.78. The molecule has 2 bridgehead atoms. The summed E-state index contributed by atoms with van der Waals surface area (Å²) in [6, 6.07) is 8.68. The highest BCUT2D eigenvalue weighted by molar-refractivity contribution is 5.94. The van der Waals surface area contributed by atoms with Crippen molar-refractivity contribution in [2.45, 2.75) is 25.1 Å². The summed E-state index contributed by atoms with van der Waals surface area (Å²) < 4.78 is 43.2. The van der Waals surface area contributed by atoms with Crippen molar-refractivity contribution in [1.82, 2.24) is 15.2 Å². The standard InChI is InChI=1S/C19H20F3N3O2/c20-19(21,22)16-5-6-17(24-16)27-14-3-1-13(2-4-14)18(26)23-15-11-25-9-7-12(15)8-10-25/h1-6,12,15,24H,7-11H2,(H,23,26). The van der Waals surface area contributed by atoms with E-state index in [0.29, 0.717) is 17.2 Å². The number of H-pyrrole nitrogens is 1. The van der Waals surface area contributed by atoms with Crippen LogP contribution in [0.15, 0.2) is 36.4 Å². The van der Waals surface area contributed by atoms with Crippen LogP contribution in [-0.4, -0.2) is 41.5 Å². The third kappa shape index (κ3) is 3.95. The van der Waals surface area contributed by atoms with Crippen LogP contribution in [-0.2, 0) is 6.18 Å². The number of carbonyl (C=O) groups excluding carboxylic acids is 1. The normalized spacial score (nSPS) is 24.6. The van der Waals surface area contributed by atoms with Crippen molar-refractivity contribution in [2.24, 2.45) is 5.92 Å². The maximum absolute atomic E-state index is 12.6. The van der Waals surface area contributed by atoms with Crippen molar-refractivity contribution < 1.29 is 22.7 Å². The molecule has 3 aliphatic rings. The van der Waals surface area contributed by atoms with Gasteiger partial charge in [-0.2, -0.15) is 13.2 Å². The van der Waals surface area contributed by atoms with Gasteiger partial charge in [-0.15, -0.1) is 0 Å². The number of hydrogen-bond donors (Lipinski definition) is 2. The molecule has 27 heavy (non-hydrogen) atoms. The number of halogens is 3. The van der Waals surface area contributed by atoms with E-state index in [-0.39, 0.29) is 17.8 Å². The van der Waals surface area contributed by atoms with Crippen LogP contribution in [0.25, 0.3) is 0 Å². The van der Waals surface area contributed by atoms with E-state index in [0.717, 1.165) is 38.5 Å². The van der Waals surface area contributed by atoms with Gasteiger partial charge < -0.3 is 19.9 Å². The summed E-state index contributed by atoms with van der Waals surface area (Å²) in [5.74, 6) is 0.744. The molecule has 0 radical (unpaired) electrons. The Hall–Kier alpha value is -2.48. The number of benzene rings is 1. The molecule has 5 rings (SSSR count). The minimum absolute atomic E-state index is 0.00759. The number of aromatic nitrogens is 1. The molecule has 4 heterocycles. The molecule has 1 amide bonds. The largest absolute Gasteiger partial charge is 0.441 e. The molecule has 144 valence electrons. The fraction of sp³-hybridized carbons (Fsp3) is 0.421. The Morgan fingerprint density at radius 3 is 2.37 bits per heavy atom. The molecule has 3 fully saturated rings. The van der Waals surface area contributed by atoms with E-state index in [9.17, 15) is 18.0 Å². The van der Waals surface area contributed by atoms with E-state index < -0.39 is 11.9 Å². The van der Waals surface area contributed by atoms with Gasteiger partial charge in [0.2, 0.25) is 0 Å². The second-order valence-corrected chi connectivity index (χ2v) is 7.08. The summed E-state index contributed by atoms with van der Waals surface area (Å²) >= 11 is 0. The summed E-state index contributed by atoms with van der Waals surface area (Å²) in [5.41, 5.74) is -0.368. The van der Waals surface area contributed by atoms with E-state index in [1.807, 2.05) is 0 Å². The molecule has 1 aromatic heterocycles. The van der Waals surface area contributed by atoms with E-state index in [1.165, 1.54) is 6.07 Å². The Morgan fingerprint density at radius 1 is 1.11 bits per heavy atom. The molecule has 8 heteroatoms. The summed E-state index contributed by atoms with van der Waals surface area (Å²) in [6.45, 7) is 3.11. The van der Waals surface area contributed by atoms with Gasteiger partial charge in [-0.05, 0) is 62.2 Å². The van der Waals surface area contributed by atoms with Gasteiger partial charge in [0.15, 0.2) is 5.88 Å². The molecule has 3 aliphatic heterocycles. The second kappa shape index (κ2) is 6.92. The molecule has 5 nitrogen and oxygen atoms in total. The van der Waals surface area contributed by atoms with Crippen LogP contribution in [0.5, 0.6) is 11.6 Å². The minimum atomic E-state index is -4.45. The van der Waals surface area contributed by atoms with Gasteiger partial charge in [0.1, 0.15) is 11.4 Å². The number of nitrogens with zero attached hydrogens (tertiary/aromatic N) is 1. The third-order valence-corrected chi connectivity index (χ3v) is 5.28. The number of alkyl halides is 3. The van der Waals surface area contributed by atoms with E-state index >= 15 is 0 Å². The Morgan fingerprint density at radius 2 is 1.81 bits per heavy atom. The van der Waals surface area contributed by atoms with Crippen LogP contribution >= 0.6 is 0 Å². The number of nitrogens with one attached hydrogen (secondary N) is 2. The highest BCUT2D eigenvalue weighted by atomic mass is 19.4. The molecule has 3 saturated heterocycles. The lowest BCUT2D eigenvalue weighted by Gasteiger charge is -2.44. The van der Waals surface area contributed by atoms with Crippen molar-refractivity contribution in [3.05, 3.63) is 47.7 Å². The molecule has 2 aromatic rings. The topological polar surface area (TPSA) is 57.4 Å². The number of piperidine rings is 3. The average molecular weight is 379 g/mol. The lowest BCUT2D eigenvalue weighted by Crippen LogP contribution is -2.57. The van der Waals surface area contributed by atoms with Crippen molar-refractivity contribution in [1.29, 1.82) is 0 Å². The van der Waals surface area contributed by atoms with Crippen LogP contribution in [0.1, 0.15) is 28.9 Å². The highest BCUT2D eigenvalue weighted by Gasteiger charge is 2.35. The van der Waals surface area contributed by atoms with Gasteiger partial charge in [0, 0.05) is 24.2 Å². The molecule has 0 saturated carbocycles. The van der Waals surface area contributed by atoms with Crippen LogP contribution in [0, 0.1) is 5.92 Å². The zero-order chi connectivity index (χ0) is 19.0. The monoisotopic (exact) mass is 379 g/mol. The molecule has 1 aromatic carbocycles. The number of fused-ring (bicyclic) bond motifs is 3. The minimum Gasteiger partial charge on any atom is -0.441 e. The quantitative estimate of drug-likeness (QED) is 0.853. The Bertz CT molecular complexity index is 808. The lowest BCUT2D eigenvalue weighted by atomic mass is 9.84. The maximum Gasteiger partial charge on any atom is 0.431 e. The zero-order valence-corrected chi connectivity index (χ0v) is 14.6. The second-order valence-electron chi connectivity index (χ2n) is 7.08. The first kappa shape index (κ1) is 17.9. The van der Waals surface area contributed by atoms with E-state index in [2.05, 4.69) is 15.2 Å². The smallest absolute Gasteiger partial charge is 0.431 e. The van der Waals surface area contributed by atoms with Gasteiger partial charge in [-0.25, -0.2) is 0 Å². The number of hydrogen-bond acceptors (Lipinski definition) is 3. The average Bonchev–Trinajstić information content (AvgIpc) is 3.12. The predicted octanol–water partition coefficient (Wildman–Crippen LogP) is 3.65. The lowest BCUT2D eigenvalue weighted by molar-refractivity contribution is -0.140. The van der Waals surface area contributed by atoms with Gasteiger partial charge in [0.25, 0.3) is 5.91 Å². The highest BCUT2D eigenvalue weighted by Crippen LogP contribution is 2.31. The molecule has 0 spiro atoms. The van der Waals surface area contributed by atoms with E-state index in [4.69, 9.17) is 4.74 Å². The fourth-order valence-electron chi connectivity index (χ4n) is 3.78. The summed E-state index contributed by atoms with van der Waals surface area (Å²) in [7, 11) is 0. The predicted molar refractivity (Wildman–Crippen MR) is 92.7 cm³/mol. The molecule has 1 atom stereocenters. The Kier molecular flexibility index (Phi) is 4.59. The summed E-state index contributed by atoms with van der Waals surface area (Å²) in [5, 5.41) is 3.10.